The van der Waals surface area contributed by atoms with Crippen molar-refractivity contribution in [1.29, 1.82) is 0 Å². The smallest absolute Gasteiger partial charge is 0.354 e. The molecule has 2 aromatic rings. The Morgan fingerprint density at radius 3 is 2.94 bits per heavy atom. The van der Waals surface area contributed by atoms with Gasteiger partial charge < -0.3 is 5.11 Å². The van der Waals surface area contributed by atoms with Gasteiger partial charge in [0.15, 0.2) is 16.0 Å². The van der Waals surface area contributed by atoms with Crippen LogP contribution in [0, 0.1) is 0 Å². The van der Waals surface area contributed by atoms with Crippen LogP contribution in [0.5, 0.6) is 0 Å². The van der Waals surface area contributed by atoms with Crippen molar-refractivity contribution in [3.63, 3.8) is 0 Å². The average Bonchev–Trinajstić information content (AvgIpc) is 2.61. The second kappa shape index (κ2) is 4.37. The number of carbonyl (C=O) groups is 1. The summed E-state index contributed by atoms with van der Waals surface area (Å²) < 4.78 is 1.28. The molecule has 17 heavy (non-hydrogen) atoms. The first-order valence-electron chi connectivity index (χ1n) is 4.43. The van der Waals surface area contributed by atoms with Crippen LogP contribution in [-0.4, -0.2) is 35.8 Å². The van der Waals surface area contributed by atoms with Gasteiger partial charge in [-0.15, -0.1) is 5.10 Å². The summed E-state index contributed by atoms with van der Waals surface area (Å²) in [6.07, 6.45) is 1.34. The molecule has 2 N–H and O–H groups in total. The van der Waals surface area contributed by atoms with Crippen LogP contribution in [0.4, 0.5) is 0 Å². The maximum atomic E-state index is 11.1. The first-order valence-corrected chi connectivity index (χ1v) is 5.25. The van der Waals surface area contributed by atoms with Gasteiger partial charge in [-0.05, 0) is 17.8 Å². The van der Waals surface area contributed by atoms with E-state index >= 15 is 0 Å². The number of nitrogens with zero attached hydrogens (tertiary/aromatic N) is 4. The fraction of sp³-hybridized carbons (Fsp3) is 0.125. The first kappa shape index (κ1) is 11.3. The molecule has 0 saturated heterocycles. The summed E-state index contributed by atoms with van der Waals surface area (Å²) in [4.78, 5) is 29.5. The van der Waals surface area contributed by atoms with Crippen molar-refractivity contribution in [2.45, 2.75) is 10.3 Å². The minimum absolute atomic E-state index is 0.108. The minimum Gasteiger partial charge on any atom is -0.477 e. The van der Waals surface area contributed by atoms with Gasteiger partial charge in [0.05, 0.1) is 0 Å². The highest BCUT2D eigenvalue weighted by Crippen LogP contribution is 2.20. The maximum absolute atomic E-state index is 11.1. The lowest BCUT2D eigenvalue weighted by Gasteiger charge is -1.99. The third-order valence-electron chi connectivity index (χ3n) is 1.87. The number of aromatic amines is 1. The topological polar surface area (TPSA) is 114 Å². The van der Waals surface area contributed by atoms with Crippen molar-refractivity contribution in [3.8, 4) is 0 Å². The standard InChI is InChI=1S/C8H7N5O3S/c1-13-7(16)11-12-8(13)17-6-9-3-2-4(10-6)5(14)15/h2-3H,1H3,(H,11,16)(H,14,15). The zero-order chi connectivity index (χ0) is 12.4. The highest BCUT2D eigenvalue weighted by Gasteiger charge is 2.11. The van der Waals surface area contributed by atoms with E-state index in [1.165, 1.54) is 23.9 Å². The predicted molar refractivity (Wildman–Crippen MR) is 56.9 cm³/mol. The summed E-state index contributed by atoms with van der Waals surface area (Å²) in [6.45, 7) is 0. The van der Waals surface area contributed by atoms with Gasteiger partial charge in [0, 0.05) is 13.2 Å². The number of hydrogen-bond acceptors (Lipinski definition) is 6. The van der Waals surface area contributed by atoms with E-state index in [2.05, 4.69) is 20.2 Å². The second-order valence-corrected chi connectivity index (χ2v) is 3.94. The van der Waals surface area contributed by atoms with E-state index in [1.54, 1.807) is 0 Å². The second-order valence-electron chi connectivity index (χ2n) is 3.00. The van der Waals surface area contributed by atoms with E-state index in [1.807, 2.05) is 0 Å². The Morgan fingerprint density at radius 2 is 2.35 bits per heavy atom. The lowest BCUT2D eigenvalue weighted by Crippen LogP contribution is -2.13. The molecule has 0 unspecified atom stereocenters. The lowest BCUT2D eigenvalue weighted by molar-refractivity contribution is 0.0689. The van der Waals surface area contributed by atoms with Crippen LogP contribution in [0.2, 0.25) is 0 Å². The highest BCUT2D eigenvalue weighted by atomic mass is 32.2. The number of carboxylic acids is 1. The Kier molecular flexibility index (Phi) is 2.91. The van der Waals surface area contributed by atoms with Crippen LogP contribution in [0.3, 0.4) is 0 Å². The number of H-pyrrole nitrogens is 1. The van der Waals surface area contributed by atoms with E-state index in [0.717, 1.165) is 11.8 Å². The Hall–Kier alpha value is -2.16. The minimum atomic E-state index is -1.13. The van der Waals surface area contributed by atoms with Gasteiger partial charge >= 0.3 is 11.7 Å². The number of hydrogen-bond donors (Lipinski definition) is 2. The molecule has 9 heteroatoms. The molecule has 0 aliphatic heterocycles. The fourth-order valence-corrected chi connectivity index (χ4v) is 1.75. The van der Waals surface area contributed by atoms with Crippen LogP contribution in [0.25, 0.3) is 0 Å². The average molecular weight is 253 g/mol. The van der Waals surface area contributed by atoms with Gasteiger partial charge in [0.1, 0.15) is 0 Å². The molecule has 2 aromatic heterocycles. The Balaban J connectivity index is 2.30. The molecule has 0 aliphatic rings. The Labute approximate surface area is 98.7 Å². The molecule has 2 heterocycles. The predicted octanol–water partition coefficient (Wildman–Crippen LogP) is -0.252. The Morgan fingerprint density at radius 1 is 1.59 bits per heavy atom. The molecule has 8 nitrogen and oxygen atoms in total. The fourth-order valence-electron chi connectivity index (χ4n) is 1.01. The van der Waals surface area contributed by atoms with Gasteiger partial charge in [-0.3, -0.25) is 4.57 Å². The first-order chi connectivity index (χ1) is 8.08. The number of nitrogens with one attached hydrogen (secondary N) is 1. The summed E-state index contributed by atoms with van der Waals surface area (Å²) in [5.74, 6) is -1.13. The van der Waals surface area contributed by atoms with Crippen molar-refractivity contribution in [2.24, 2.45) is 7.05 Å². The SMILES string of the molecule is Cn1c(Sc2nccc(C(=O)O)n2)n[nH]c1=O. The molecule has 88 valence electrons. The molecule has 0 bridgehead atoms. The molecule has 0 aliphatic carbocycles. The van der Waals surface area contributed by atoms with Crippen LogP contribution >= 0.6 is 11.8 Å². The van der Waals surface area contributed by atoms with E-state index in [9.17, 15) is 9.59 Å². The summed E-state index contributed by atoms with van der Waals surface area (Å²) in [5.41, 5.74) is -0.468. The van der Waals surface area contributed by atoms with E-state index in [4.69, 9.17) is 5.11 Å². The normalized spacial score (nSPS) is 10.4. The summed E-state index contributed by atoms with van der Waals surface area (Å²) in [5, 5.41) is 15.3. The molecular weight excluding hydrogens is 246 g/mol. The van der Waals surface area contributed by atoms with E-state index in [0.29, 0.717) is 5.16 Å². The molecule has 0 atom stereocenters. The number of rotatable bonds is 3. The quantitative estimate of drug-likeness (QED) is 0.725. The van der Waals surface area contributed by atoms with Crippen LogP contribution < -0.4 is 5.69 Å². The lowest BCUT2D eigenvalue weighted by atomic mass is 10.4. The summed E-state index contributed by atoms with van der Waals surface area (Å²) in [7, 11) is 1.54. The highest BCUT2D eigenvalue weighted by molar-refractivity contribution is 7.99. The van der Waals surface area contributed by atoms with Crippen LogP contribution in [-0.2, 0) is 7.05 Å². The van der Waals surface area contributed by atoms with Gasteiger partial charge in [-0.25, -0.2) is 24.7 Å². The van der Waals surface area contributed by atoms with Crippen molar-refractivity contribution < 1.29 is 9.90 Å². The van der Waals surface area contributed by atoms with Gasteiger partial charge in [0.2, 0.25) is 0 Å². The molecule has 0 saturated carbocycles. The van der Waals surface area contributed by atoms with Gasteiger partial charge in [-0.1, -0.05) is 0 Å². The molecule has 0 spiro atoms. The summed E-state index contributed by atoms with van der Waals surface area (Å²) >= 11 is 1.00. The molecule has 0 radical (unpaired) electrons. The third-order valence-corrected chi connectivity index (χ3v) is 2.80. The molecule has 0 amide bonds. The van der Waals surface area contributed by atoms with Crippen molar-refractivity contribution in [1.82, 2.24) is 24.7 Å². The monoisotopic (exact) mass is 253 g/mol. The molecule has 2 rings (SSSR count). The zero-order valence-electron chi connectivity index (χ0n) is 8.62. The van der Waals surface area contributed by atoms with Crippen molar-refractivity contribution in [3.05, 3.63) is 28.4 Å². The molecule has 0 fully saturated rings. The van der Waals surface area contributed by atoms with E-state index < -0.39 is 5.97 Å². The van der Waals surface area contributed by atoms with Gasteiger partial charge in [0.25, 0.3) is 0 Å². The van der Waals surface area contributed by atoms with Crippen molar-refractivity contribution in [2.75, 3.05) is 0 Å². The summed E-state index contributed by atoms with van der Waals surface area (Å²) in [6, 6.07) is 1.29. The zero-order valence-corrected chi connectivity index (χ0v) is 9.43. The number of carboxylic acid groups (broad SMARTS) is 1. The molecule has 0 aromatic carbocycles. The van der Waals surface area contributed by atoms with Crippen LogP contribution in [0.1, 0.15) is 10.5 Å². The van der Waals surface area contributed by atoms with Crippen molar-refractivity contribution >= 4 is 17.7 Å². The largest absolute Gasteiger partial charge is 0.477 e. The third kappa shape index (κ3) is 2.33. The Bertz CT molecular complexity index is 620. The van der Waals surface area contributed by atoms with Gasteiger partial charge in [-0.2, -0.15) is 0 Å². The molecular formula is C8H7N5O3S. The number of aromatic carboxylic acids is 1. The maximum Gasteiger partial charge on any atom is 0.354 e. The van der Waals surface area contributed by atoms with E-state index in [-0.39, 0.29) is 16.5 Å². The number of aromatic nitrogens is 5. The van der Waals surface area contributed by atoms with Crippen LogP contribution in [0.15, 0.2) is 27.4 Å².